The summed E-state index contributed by atoms with van der Waals surface area (Å²) in [6.07, 6.45) is 3.05. The first-order valence-electron chi connectivity index (χ1n) is 4.41. The zero-order valence-electron chi connectivity index (χ0n) is 8.82. The van der Waals surface area contributed by atoms with Gasteiger partial charge >= 0.3 is 0 Å². The molecule has 2 heteroatoms. The Kier molecular flexibility index (Phi) is 5.12. The first kappa shape index (κ1) is 11.9. The van der Waals surface area contributed by atoms with Crippen molar-refractivity contribution < 1.29 is 4.39 Å². The summed E-state index contributed by atoms with van der Waals surface area (Å²) in [5.41, 5.74) is 1.45. The van der Waals surface area contributed by atoms with Crippen LogP contribution >= 0.6 is 0 Å². The van der Waals surface area contributed by atoms with Crippen molar-refractivity contribution in [2.24, 2.45) is 5.92 Å². The molecule has 0 rings (SSSR count). The maximum Gasteiger partial charge on any atom is 0.128 e. The molecule has 0 unspecified atom stereocenters. The van der Waals surface area contributed by atoms with E-state index in [1.807, 2.05) is 20.8 Å². The van der Waals surface area contributed by atoms with Crippen LogP contribution in [0.15, 0.2) is 35.8 Å². The monoisotopic (exact) mass is 183 g/mol. The van der Waals surface area contributed by atoms with Crippen LogP contribution in [0.4, 0.5) is 4.39 Å². The van der Waals surface area contributed by atoms with Gasteiger partial charge in [0.25, 0.3) is 0 Å². The highest BCUT2D eigenvalue weighted by molar-refractivity contribution is 5.30. The molecule has 0 bridgehead atoms. The molecule has 1 N–H and O–H groups in total. The largest absolute Gasteiger partial charge is 0.392 e. The molecule has 0 aliphatic carbocycles. The van der Waals surface area contributed by atoms with Gasteiger partial charge in [0.15, 0.2) is 0 Å². The fourth-order valence-corrected chi connectivity index (χ4v) is 0.955. The molecule has 0 spiro atoms. The van der Waals surface area contributed by atoms with Gasteiger partial charge in [-0.2, -0.15) is 0 Å². The van der Waals surface area contributed by atoms with Crippen LogP contribution in [-0.4, -0.2) is 7.05 Å². The Morgan fingerprint density at radius 2 is 2.00 bits per heavy atom. The van der Waals surface area contributed by atoms with E-state index in [2.05, 4.69) is 11.9 Å². The lowest BCUT2D eigenvalue weighted by molar-refractivity contribution is 0.626. The van der Waals surface area contributed by atoms with E-state index in [9.17, 15) is 4.39 Å². The number of nitrogens with one attached hydrogen (secondary N) is 1. The van der Waals surface area contributed by atoms with Crippen LogP contribution in [0.5, 0.6) is 0 Å². The van der Waals surface area contributed by atoms with Gasteiger partial charge in [-0.25, -0.2) is 4.39 Å². The highest BCUT2D eigenvalue weighted by Gasteiger charge is 2.04. The minimum Gasteiger partial charge on any atom is -0.392 e. The van der Waals surface area contributed by atoms with Crippen LogP contribution in [0, 0.1) is 5.92 Å². The highest BCUT2D eigenvalue weighted by atomic mass is 19.1. The van der Waals surface area contributed by atoms with Crippen molar-refractivity contribution in [3.63, 3.8) is 0 Å². The van der Waals surface area contributed by atoms with Crippen molar-refractivity contribution in [2.45, 2.75) is 20.8 Å². The molecule has 0 fully saturated rings. The lowest BCUT2D eigenvalue weighted by Crippen LogP contribution is -2.02. The molecule has 0 heterocycles. The third kappa shape index (κ3) is 3.92. The normalized spacial score (nSPS) is 14.2. The molecule has 74 valence electrons. The van der Waals surface area contributed by atoms with E-state index in [0.29, 0.717) is 5.57 Å². The minimum absolute atomic E-state index is 0.165. The fraction of sp³-hybridized carbons (Fsp3) is 0.455. The number of halogens is 1. The van der Waals surface area contributed by atoms with Crippen LogP contribution in [0.2, 0.25) is 0 Å². The highest BCUT2D eigenvalue weighted by Crippen LogP contribution is 2.18. The summed E-state index contributed by atoms with van der Waals surface area (Å²) in [7, 11) is 1.77. The third-order valence-corrected chi connectivity index (χ3v) is 1.86. The third-order valence-electron chi connectivity index (χ3n) is 1.86. The Hall–Kier alpha value is -1.05. The molecule has 0 atom stereocenters. The van der Waals surface area contributed by atoms with Crippen LogP contribution < -0.4 is 5.32 Å². The minimum atomic E-state index is -0.211. The Morgan fingerprint density at radius 3 is 2.31 bits per heavy atom. The van der Waals surface area contributed by atoms with Crippen LogP contribution in [0.1, 0.15) is 20.8 Å². The Labute approximate surface area is 80.0 Å². The standard InChI is InChI=1S/C11H18FN/c1-6-10(8(2)3)11(12)7-9(4)13-5/h6-8,13H,1H2,2-5H3/b9-7+,11-10-. The van der Waals surface area contributed by atoms with Gasteiger partial charge in [-0.15, -0.1) is 0 Å². The van der Waals surface area contributed by atoms with Gasteiger partial charge in [0.05, 0.1) is 0 Å². The zero-order valence-corrected chi connectivity index (χ0v) is 8.82. The summed E-state index contributed by atoms with van der Waals surface area (Å²) < 4.78 is 13.4. The molecular weight excluding hydrogens is 165 g/mol. The Balaban J connectivity index is 4.87. The predicted octanol–water partition coefficient (Wildman–Crippen LogP) is 3.18. The van der Waals surface area contributed by atoms with E-state index in [4.69, 9.17) is 0 Å². The summed E-state index contributed by atoms with van der Waals surface area (Å²) >= 11 is 0. The second kappa shape index (κ2) is 5.57. The molecule has 0 saturated heterocycles. The number of hydrogen-bond acceptors (Lipinski definition) is 1. The number of hydrogen-bond donors (Lipinski definition) is 1. The Morgan fingerprint density at radius 1 is 1.46 bits per heavy atom. The quantitative estimate of drug-likeness (QED) is 0.660. The van der Waals surface area contributed by atoms with E-state index in [1.165, 1.54) is 6.08 Å². The summed E-state index contributed by atoms with van der Waals surface area (Å²) in [6.45, 7) is 9.30. The van der Waals surface area contributed by atoms with Gasteiger partial charge in [0, 0.05) is 12.7 Å². The van der Waals surface area contributed by atoms with Crippen LogP contribution in [0.25, 0.3) is 0 Å². The molecule has 0 aliphatic heterocycles. The maximum absolute atomic E-state index is 13.4. The topological polar surface area (TPSA) is 12.0 Å². The average Bonchev–Trinajstić information content (AvgIpc) is 2.04. The molecule has 0 radical (unpaired) electrons. The SMILES string of the molecule is C=C/C(=C(F)\C=C(/C)NC)C(C)C. The summed E-state index contributed by atoms with van der Waals surface area (Å²) in [4.78, 5) is 0. The molecular formula is C11H18FN. The van der Waals surface area contributed by atoms with Crippen LogP contribution in [0.3, 0.4) is 0 Å². The van der Waals surface area contributed by atoms with Crippen molar-refractivity contribution in [3.8, 4) is 0 Å². The smallest absolute Gasteiger partial charge is 0.128 e. The van der Waals surface area contributed by atoms with Gasteiger partial charge < -0.3 is 5.32 Å². The molecule has 1 nitrogen and oxygen atoms in total. The first-order valence-corrected chi connectivity index (χ1v) is 4.41. The lowest BCUT2D eigenvalue weighted by atomic mass is 10.0. The van der Waals surface area contributed by atoms with E-state index in [1.54, 1.807) is 13.1 Å². The molecule has 0 aromatic carbocycles. The predicted molar refractivity (Wildman–Crippen MR) is 56.0 cm³/mol. The van der Waals surface area contributed by atoms with E-state index in [-0.39, 0.29) is 11.7 Å². The molecule has 0 aromatic heterocycles. The van der Waals surface area contributed by atoms with Gasteiger partial charge in [0.2, 0.25) is 0 Å². The van der Waals surface area contributed by atoms with Crippen molar-refractivity contribution in [2.75, 3.05) is 7.05 Å². The van der Waals surface area contributed by atoms with Crippen molar-refractivity contribution in [1.82, 2.24) is 5.32 Å². The van der Waals surface area contributed by atoms with Crippen LogP contribution in [-0.2, 0) is 0 Å². The summed E-state index contributed by atoms with van der Waals surface area (Å²) in [6, 6.07) is 0. The zero-order chi connectivity index (χ0) is 10.4. The van der Waals surface area contributed by atoms with Gasteiger partial charge in [-0.1, -0.05) is 26.5 Å². The van der Waals surface area contributed by atoms with Crippen molar-refractivity contribution in [1.29, 1.82) is 0 Å². The summed E-state index contributed by atoms with van der Waals surface area (Å²) in [5.74, 6) is -0.0461. The molecule has 13 heavy (non-hydrogen) atoms. The lowest BCUT2D eigenvalue weighted by Gasteiger charge is -2.07. The van der Waals surface area contributed by atoms with E-state index < -0.39 is 0 Å². The Bertz CT molecular complexity index is 236. The van der Waals surface area contributed by atoms with E-state index >= 15 is 0 Å². The molecule has 0 aliphatic rings. The average molecular weight is 183 g/mol. The molecule has 0 aromatic rings. The van der Waals surface area contributed by atoms with Gasteiger partial charge in [-0.3, -0.25) is 0 Å². The van der Waals surface area contributed by atoms with E-state index in [0.717, 1.165) is 5.70 Å². The second-order valence-electron chi connectivity index (χ2n) is 3.24. The fourth-order valence-electron chi connectivity index (χ4n) is 0.955. The number of rotatable bonds is 4. The number of allylic oxidation sites excluding steroid dienone is 5. The van der Waals surface area contributed by atoms with Gasteiger partial charge in [-0.05, 0) is 24.5 Å². The van der Waals surface area contributed by atoms with Gasteiger partial charge in [0.1, 0.15) is 5.83 Å². The second-order valence-corrected chi connectivity index (χ2v) is 3.24. The summed E-state index contributed by atoms with van der Waals surface area (Å²) in [5, 5.41) is 2.87. The molecule has 0 amide bonds. The first-order chi connectivity index (χ1) is 6.02. The van der Waals surface area contributed by atoms with Crippen molar-refractivity contribution in [3.05, 3.63) is 35.8 Å². The maximum atomic E-state index is 13.4. The van der Waals surface area contributed by atoms with Crippen molar-refractivity contribution >= 4 is 0 Å². The molecule has 0 saturated carbocycles.